The standard InChI is InChI=1S/C18H23BN2O3S/c1-17(2)18(3,4)24-19(23-17)13(10-25)8-12-6-7-15-14(9-12)16(22)21(5)11-20-15/h6-9,11,25H,10H2,1-5H3. The zero-order valence-corrected chi connectivity index (χ0v) is 16.1. The van der Waals surface area contributed by atoms with Crippen LogP contribution in [-0.2, 0) is 16.4 Å². The number of nitrogens with zero attached hydrogens (tertiary/aromatic N) is 2. The molecule has 0 bridgehead atoms. The Balaban J connectivity index is 2.00. The van der Waals surface area contributed by atoms with Crippen LogP contribution in [0.1, 0.15) is 33.3 Å². The van der Waals surface area contributed by atoms with E-state index >= 15 is 0 Å². The fourth-order valence-corrected chi connectivity index (χ4v) is 2.96. The molecule has 7 heteroatoms. The maximum absolute atomic E-state index is 12.3. The molecule has 0 amide bonds. The third-order valence-corrected chi connectivity index (χ3v) is 5.40. The zero-order chi connectivity index (χ0) is 18.4. The Morgan fingerprint density at radius 1 is 1.28 bits per heavy atom. The molecule has 1 aliphatic rings. The van der Waals surface area contributed by atoms with Crippen LogP contribution in [-0.4, -0.2) is 33.6 Å². The largest absolute Gasteiger partial charge is 0.491 e. The monoisotopic (exact) mass is 358 g/mol. The first kappa shape index (κ1) is 18.2. The number of hydrogen-bond donors (Lipinski definition) is 1. The summed E-state index contributed by atoms with van der Waals surface area (Å²) in [5.41, 5.74) is 1.64. The molecule has 1 aromatic carbocycles. The van der Waals surface area contributed by atoms with E-state index in [2.05, 4.69) is 17.6 Å². The van der Waals surface area contributed by atoms with Gasteiger partial charge in [-0.25, -0.2) is 4.98 Å². The molecule has 2 heterocycles. The molecule has 0 unspecified atom stereocenters. The summed E-state index contributed by atoms with van der Waals surface area (Å²) < 4.78 is 13.7. The molecule has 1 aliphatic heterocycles. The highest BCUT2D eigenvalue weighted by atomic mass is 32.1. The van der Waals surface area contributed by atoms with Gasteiger partial charge in [-0.1, -0.05) is 12.1 Å². The Morgan fingerprint density at radius 3 is 2.52 bits per heavy atom. The minimum absolute atomic E-state index is 0.0664. The highest BCUT2D eigenvalue weighted by Crippen LogP contribution is 2.39. The topological polar surface area (TPSA) is 53.4 Å². The number of aromatic nitrogens is 2. The molecule has 1 saturated heterocycles. The van der Waals surface area contributed by atoms with Gasteiger partial charge in [-0.05, 0) is 50.9 Å². The summed E-state index contributed by atoms with van der Waals surface area (Å²) in [4.78, 5) is 16.6. The maximum Gasteiger partial charge on any atom is 0.491 e. The van der Waals surface area contributed by atoms with Gasteiger partial charge >= 0.3 is 7.12 Å². The van der Waals surface area contributed by atoms with Crippen molar-refractivity contribution in [2.24, 2.45) is 7.05 Å². The van der Waals surface area contributed by atoms with Crippen molar-refractivity contribution in [2.45, 2.75) is 38.9 Å². The van der Waals surface area contributed by atoms with Crippen LogP contribution in [0.4, 0.5) is 0 Å². The van der Waals surface area contributed by atoms with Gasteiger partial charge in [-0.3, -0.25) is 4.79 Å². The van der Waals surface area contributed by atoms with Gasteiger partial charge in [0.05, 0.1) is 28.4 Å². The van der Waals surface area contributed by atoms with Crippen molar-refractivity contribution < 1.29 is 9.31 Å². The molecule has 1 fully saturated rings. The Bertz CT molecular complexity index is 889. The average molecular weight is 358 g/mol. The molecule has 0 atom stereocenters. The Labute approximate surface area is 153 Å². The molecular weight excluding hydrogens is 335 g/mol. The molecule has 3 rings (SSSR count). The van der Waals surface area contributed by atoms with E-state index in [1.165, 1.54) is 10.9 Å². The highest BCUT2D eigenvalue weighted by Gasteiger charge is 2.52. The molecule has 25 heavy (non-hydrogen) atoms. The molecule has 0 radical (unpaired) electrons. The van der Waals surface area contributed by atoms with E-state index in [4.69, 9.17) is 9.31 Å². The number of fused-ring (bicyclic) bond motifs is 1. The first-order valence-corrected chi connectivity index (χ1v) is 8.90. The van der Waals surface area contributed by atoms with Gasteiger partial charge in [0.1, 0.15) is 0 Å². The van der Waals surface area contributed by atoms with Gasteiger partial charge in [0.15, 0.2) is 0 Å². The molecule has 0 N–H and O–H groups in total. The van der Waals surface area contributed by atoms with E-state index in [0.29, 0.717) is 16.7 Å². The van der Waals surface area contributed by atoms with E-state index in [-0.39, 0.29) is 5.56 Å². The summed E-state index contributed by atoms with van der Waals surface area (Å²) in [5, 5.41) is 0.589. The fourth-order valence-electron chi connectivity index (χ4n) is 2.72. The Hall–Kier alpha value is -1.57. The van der Waals surface area contributed by atoms with Crippen molar-refractivity contribution in [3.63, 3.8) is 0 Å². The summed E-state index contributed by atoms with van der Waals surface area (Å²) in [5.74, 6) is 0.500. The van der Waals surface area contributed by atoms with E-state index in [0.717, 1.165) is 11.0 Å². The highest BCUT2D eigenvalue weighted by molar-refractivity contribution is 7.80. The van der Waals surface area contributed by atoms with Crippen molar-refractivity contribution in [1.82, 2.24) is 9.55 Å². The minimum atomic E-state index is -0.449. The lowest BCUT2D eigenvalue weighted by molar-refractivity contribution is 0.00578. The van der Waals surface area contributed by atoms with Crippen molar-refractivity contribution in [1.29, 1.82) is 0 Å². The van der Waals surface area contributed by atoms with Crippen LogP contribution < -0.4 is 5.56 Å². The van der Waals surface area contributed by atoms with E-state index < -0.39 is 18.3 Å². The lowest BCUT2D eigenvalue weighted by Crippen LogP contribution is -2.41. The number of aryl methyl sites for hydroxylation is 1. The van der Waals surface area contributed by atoms with Crippen molar-refractivity contribution in [3.05, 3.63) is 45.9 Å². The second kappa shape index (κ2) is 6.30. The average Bonchev–Trinajstić information content (AvgIpc) is 2.77. The number of thiol groups is 1. The van der Waals surface area contributed by atoms with Crippen LogP contribution in [0.5, 0.6) is 0 Å². The lowest BCUT2D eigenvalue weighted by atomic mass is 9.78. The van der Waals surface area contributed by atoms with Crippen LogP contribution in [0.15, 0.2) is 34.8 Å². The van der Waals surface area contributed by atoms with Gasteiger partial charge < -0.3 is 13.9 Å². The number of rotatable bonds is 3. The summed E-state index contributed by atoms with van der Waals surface area (Å²) in [6.45, 7) is 8.09. The van der Waals surface area contributed by atoms with Crippen LogP contribution >= 0.6 is 12.6 Å². The van der Waals surface area contributed by atoms with Gasteiger partial charge in [0, 0.05) is 12.8 Å². The van der Waals surface area contributed by atoms with Crippen LogP contribution in [0.3, 0.4) is 0 Å². The van der Waals surface area contributed by atoms with Crippen LogP contribution in [0.25, 0.3) is 17.0 Å². The molecule has 2 aromatic rings. The summed E-state index contributed by atoms with van der Waals surface area (Å²) in [6, 6.07) is 5.63. The second-order valence-electron chi connectivity index (χ2n) is 7.40. The molecular formula is C18H23BN2O3S. The molecule has 0 aliphatic carbocycles. The maximum atomic E-state index is 12.3. The van der Waals surface area contributed by atoms with Crippen molar-refractivity contribution in [2.75, 3.05) is 5.75 Å². The first-order valence-electron chi connectivity index (χ1n) is 8.27. The number of hydrogen-bond acceptors (Lipinski definition) is 5. The fraction of sp³-hybridized carbons (Fsp3) is 0.444. The smallest absolute Gasteiger partial charge is 0.400 e. The van der Waals surface area contributed by atoms with Crippen LogP contribution in [0.2, 0.25) is 0 Å². The third kappa shape index (κ3) is 3.28. The second-order valence-corrected chi connectivity index (χ2v) is 7.72. The quantitative estimate of drug-likeness (QED) is 0.677. The van der Waals surface area contributed by atoms with E-state index in [1.54, 1.807) is 7.05 Å². The summed E-state index contributed by atoms with van der Waals surface area (Å²) >= 11 is 4.44. The SMILES string of the molecule is Cn1cnc2ccc(C=C(CS)B3OC(C)(C)C(C)(C)O3)cc2c1=O. The Kier molecular flexibility index (Phi) is 4.60. The Morgan fingerprint density at radius 2 is 1.92 bits per heavy atom. The van der Waals surface area contributed by atoms with Gasteiger partial charge in [-0.15, -0.1) is 0 Å². The summed E-state index contributed by atoms with van der Waals surface area (Å²) in [6.07, 6.45) is 3.50. The predicted molar refractivity (Wildman–Crippen MR) is 105 cm³/mol. The minimum Gasteiger partial charge on any atom is -0.400 e. The van der Waals surface area contributed by atoms with Crippen molar-refractivity contribution >= 4 is 36.7 Å². The molecule has 0 spiro atoms. The lowest BCUT2D eigenvalue weighted by Gasteiger charge is -2.32. The normalized spacial score (nSPS) is 19.6. The third-order valence-electron chi connectivity index (χ3n) is 5.03. The zero-order valence-electron chi connectivity index (χ0n) is 15.2. The van der Waals surface area contributed by atoms with Gasteiger partial charge in [0.2, 0.25) is 0 Å². The van der Waals surface area contributed by atoms with Crippen molar-refractivity contribution in [3.8, 4) is 0 Å². The first-order chi connectivity index (χ1) is 11.6. The number of benzene rings is 1. The molecule has 5 nitrogen and oxygen atoms in total. The van der Waals surface area contributed by atoms with Crippen LogP contribution in [0, 0.1) is 0 Å². The molecule has 0 saturated carbocycles. The van der Waals surface area contributed by atoms with E-state index in [1.807, 2.05) is 52.0 Å². The molecule has 132 valence electrons. The molecule has 1 aromatic heterocycles. The van der Waals surface area contributed by atoms with Gasteiger partial charge in [0.25, 0.3) is 5.56 Å². The predicted octanol–water partition coefficient (Wildman–Crippen LogP) is 2.88. The summed E-state index contributed by atoms with van der Waals surface area (Å²) in [7, 11) is 1.25. The van der Waals surface area contributed by atoms with Gasteiger partial charge in [-0.2, -0.15) is 12.6 Å². The van der Waals surface area contributed by atoms with E-state index in [9.17, 15) is 4.79 Å².